The number of benzene rings is 2. The highest BCUT2D eigenvalue weighted by Gasteiger charge is 2.23. The van der Waals surface area contributed by atoms with E-state index in [1.807, 2.05) is 0 Å². The highest BCUT2D eigenvalue weighted by atomic mass is 35.5. The van der Waals surface area contributed by atoms with Crippen LogP contribution in [0, 0.1) is 0 Å². The number of halogens is 1. The Kier molecular flexibility index (Phi) is 7.65. The summed E-state index contributed by atoms with van der Waals surface area (Å²) in [6.45, 7) is 2.75. The van der Waals surface area contributed by atoms with Gasteiger partial charge in [-0.05, 0) is 31.2 Å². The second-order valence-electron chi connectivity index (χ2n) is 6.22. The van der Waals surface area contributed by atoms with E-state index in [-0.39, 0.29) is 22.2 Å². The second-order valence-corrected chi connectivity index (χ2v) is 8.35. The lowest BCUT2D eigenvalue weighted by Gasteiger charge is -2.17. The van der Waals surface area contributed by atoms with Crippen molar-refractivity contribution in [3.8, 4) is 11.5 Å². The number of hydrogen-bond donors (Lipinski definition) is 3. The van der Waals surface area contributed by atoms with E-state index in [0.29, 0.717) is 16.5 Å². The highest BCUT2D eigenvalue weighted by Crippen LogP contribution is 2.35. The predicted octanol–water partition coefficient (Wildman–Crippen LogP) is 2.62. The van der Waals surface area contributed by atoms with Crippen molar-refractivity contribution in [1.82, 2.24) is 4.72 Å². The van der Waals surface area contributed by atoms with Gasteiger partial charge < -0.3 is 20.1 Å². The van der Waals surface area contributed by atoms with Crippen LogP contribution >= 0.6 is 11.6 Å². The quantitative estimate of drug-likeness (QED) is 0.562. The number of sulfonamides is 1. The van der Waals surface area contributed by atoms with E-state index in [1.165, 1.54) is 64.5 Å². The number of anilines is 2. The molecule has 11 heteroatoms. The molecule has 1 atom stereocenters. The van der Waals surface area contributed by atoms with E-state index in [2.05, 4.69) is 15.4 Å². The number of carbonyl (C=O) groups excluding carboxylic acids is 2. The van der Waals surface area contributed by atoms with Gasteiger partial charge in [0.05, 0.1) is 35.9 Å². The molecule has 0 bridgehead atoms. The summed E-state index contributed by atoms with van der Waals surface area (Å²) in [6.07, 6.45) is 0. The van der Waals surface area contributed by atoms with Crippen molar-refractivity contribution in [2.45, 2.75) is 24.8 Å². The van der Waals surface area contributed by atoms with Gasteiger partial charge in [-0.15, -0.1) is 0 Å². The summed E-state index contributed by atoms with van der Waals surface area (Å²) in [5.74, 6) is -0.280. The molecule has 0 saturated carbocycles. The number of amides is 2. The topological polar surface area (TPSA) is 123 Å². The molecule has 0 aliphatic rings. The maximum atomic E-state index is 12.6. The Morgan fingerprint density at radius 1 is 1.00 bits per heavy atom. The minimum atomic E-state index is -3.98. The van der Waals surface area contributed by atoms with Gasteiger partial charge in [0.25, 0.3) is 0 Å². The van der Waals surface area contributed by atoms with Crippen LogP contribution in [-0.4, -0.2) is 40.5 Å². The molecule has 0 aliphatic carbocycles. The number of carbonyl (C=O) groups is 2. The lowest BCUT2D eigenvalue weighted by atomic mass is 10.2. The van der Waals surface area contributed by atoms with Crippen LogP contribution in [0.15, 0.2) is 41.3 Å². The van der Waals surface area contributed by atoms with E-state index in [9.17, 15) is 18.0 Å². The molecule has 2 aromatic rings. The van der Waals surface area contributed by atoms with Crippen LogP contribution in [0.5, 0.6) is 11.5 Å². The summed E-state index contributed by atoms with van der Waals surface area (Å²) in [4.78, 5) is 23.5. The van der Waals surface area contributed by atoms with Crippen molar-refractivity contribution >= 4 is 44.8 Å². The first-order valence-corrected chi connectivity index (χ1v) is 10.6. The SMILES string of the molecule is COc1cc(NC(=O)[C@H](C)NS(=O)(=O)c2ccc(NC(C)=O)cc2)c(OC)cc1Cl. The van der Waals surface area contributed by atoms with Gasteiger partial charge in [-0.3, -0.25) is 9.59 Å². The smallest absolute Gasteiger partial charge is 0.242 e. The van der Waals surface area contributed by atoms with E-state index < -0.39 is 22.0 Å². The minimum absolute atomic E-state index is 0.0537. The first-order valence-electron chi connectivity index (χ1n) is 8.69. The normalized spacial score (nSPS) is 12.0. The summed E-state index contributed by atoms with van der Waals surface area (Å²) in [6, 6.07) is 7.40. The van der Waals surface area contributed by atoms with Crippen LogP contribution in [0.3, 0.4) is 0 Å². The molecule has 2 amide bonds. The Hall–Kier alpha value is -2.82. The molecule has 9 nitrogen and oxygen atoms in total. The van der Waals surface area contributed by atoms with Crippen molar-refractivity contribution in [3.05, 3.63) is 41.4 Å². The summed E-state index contributed by atoms with van der Waals surface area (Å²) in [7, 11) is -1.15. The average molecular weight is 456 g/mol. The molecular weight excluding hydrogens is 434 g/mol. The third-order valence-electron chi connectivity index (χ3n) is 3.94. The van der Waals surface area contributed by atoms with Crippen molar-refractivity contribution < 1.29 is 27.5 Å². The van der Waals surface area contributed by atoms with Gasteiger partial charge >= 0.3 is 0 Å². The van der Waals surface area contributed by atoms with Crippen LogP contribution in [0.25, 0.3) is 0 Å². The standard InChI is InChI=1S/C19H22ClN3O6S/c1-11(19(25)22-16-10-17(28-3)15(20)9-18(16)29-4)23-30(26,27)14-7-5-13(6-8-14)21-12(2)24/h5-11,23H,1-4H3,(H,21,24)(H,22,25)/t11-/m0/s1. The monoisotopic (exact) mass is 455 g/mol. The van der Waals surface area contributed by atoms with Gasteiger partial charge in [0.15, 0.2) is 0 Å². The fourth-order valence-electron chi connectivity index (χ4n) is 2.47. The molecule has 0 heterocycles. The van der Waals surface area contributed by atoms with Crippen molar-refractivity contribution in [2.24, 2.45) is 0 Å². The van der Waals surface area contributed by atoms with Gasteiger partial charge in [0, 0.05) is 24.7 Å². The molecule has 0 saturated heterocycles. The number of nitrogens with one attached hydrogen (secondary N) is 3. The molecule has 0 aromatic heterocycles. The molecule has 2 rings (SSSR count). The van der Waals surface area contributed by atoms with Crippen LogP contribution in [-0.2, 0) is 19.6 Å². The molecule has 0 unspecified atom stereocenters. The second kappa shape index (κ2) is 9.79. The molecule has 0 radical (unpaired) electrons. The third-order valence-corrected chi connectivity index (χ3v) is 5.79. The maximum absolute atomic E-state index is 12.6. The van der Waals surface area contributed by atoms with Gasteiger partial charge in [-0.1, -0.05) is 11.6 Å². The van der Waals surface area contributed by atoms with E-state index in [1.54, 1.807) is 0 Å². The van der Waals surface area contributed by atoms with Crippen LogP contribution in [0.4, 0.5) is 11.4 Å². The number of rotatable bonds is 8. The zero-order chi connectivity index (χ0) is 22.5. The Balaban J connectivity index is 2.14. The summed E-state index contributed by atoms with van der Waals surface area (Å²) >= 11 is 6.04. The summed E-state index contributed by atoms with van der Waals surface area (Å²) < 4.78 is 37.7. The van der Waals surface area contributed by atoms with Crippen molar-refractivity contribution in [1.29, 1.82) is 0 Å². The maximum Gasteiger partial charge on any atom is 0.242 e. The van der Waals surface area contributed by atoms with E-state index >= 15 is 0 Å². The van der Waals surface area contributed by atoms with Gasteiger partial charge in [-0.2, -0.15) is 4.72 Å². The van der Waals surface area contributed by atoms with E-state index in [4.69, 9.17) is 21.1 Å². The van der Waals surface area contributed by atoms with Crippen molar-refractivity contribution in [2.75, 3.05) is 24.9 Å². The zero-order valence-electron chi connectivity index (χ0n) is 16.8. The first-order chi connectivity index (χ1) is 14.1. The average Bonchev–Trinajstić information content (AvgIpc) is 2.68. The van der Waals surface area contributed by atoms with Gasteiger partial charge in [-0.25, -0.2) is 8.42 Å². The third kappa shape index (κ3) is 5.85. The number of ether oxygens (including phenoxy) is 2. The van der Waals surface area contributed by atoms with E-state index in [0.717, 1.165) is 0 Å². The molecule has 0 aliphatic heterocycles. The van der Waals surface area contributed by atoms with Crippen LogP contribution in [0.1, 0.15) is 13.8 Å². The molecule has 0 spiro atoms. The highest BCUT2D eigenvalue weighted by molar-refractivity contribution is 7.89. The van der Waals surface area contributed by atoms with Gasteiger partial charge in [0.1, 0.15) is 11.5 Å². The minimum Gasteiger partial charge on any atom is -0.495 e. The Morgan fingerprint density at radius 3 is 2.13 bits per heavy atom. The predicted molar refractivity (Wildman–Crippen MR) is 114 cm³/mol. The first kappa shape index (κ1) is 23.5. The fourth-order valence-corrected chi connectivity index (χ4v) is 3.91. The molecule has 2 aromatic carbocycles. The molecule has 30 heavy (non-hydrogen) atoms. The van der Waals surface area contributed by atoms with Crippen molar-refractivity contribution in [3.63, 3.8) is 0 Å². The molecule has 3 N–H and O–H groups in total. The molecule has 162 valence electrons. The number of methoxy groups -OCH3 is 2. The Morgan fingerprint density at radius 2 is 1.60 bits per heavy atom. The van der Waals surface area contributed by atoms with Crippen LogP contribution < -0.4 is 24.8 Å². The lowest BCUT2D eigenvalue weighted by Crippen LogP contribution is -2.41. The fraction of sp³-hybridized carbons (Fsp3) is 0.263. The lowest BCUT2D eigenvalue weighted by molar-refractivity contribution is -0.117. The Labute approximate surface area is 179 Å². The summed E-state index contributed by atoms with van der Waals surface area (Å²) in [5.41, 5.74) is 0.727. The zero-order valence-corrected chi connectivity index (χ0v) is 18.3. The number of hydrogen-bond acceptors (Lipinski definition) is 6. The van der Waals surface area contributed by atoms with Gasteiger partial charge in [0.2, 0.25) is 21.8 Å². The largest absolute Gasteiger partial charge is 0.495 e. The molecule has 0 fully saturated rings. The molecular formula is C19H22ClN3O6S. The Bertz CT molecular complexity index is 1040. The summed E-state index contributed by atoms with van der Waals surface area (Å²) in [5, 5.41) is 5.43. The van der Waals surface area contributed by atoms with Crippen LogP contribution in [0.2, 0.25) is 5.02 Å².